The average Bonchev–Trinajstić information content (AvgIpc) is 3.44. The van der Waals surface area contributed by atoms with Gasteiger partial charge in [-0.05, 0) is 26.2 Å². The average molecular weight is 488 g/mol. The summed E-state index contributed by atoms with van der Waals surface area (Å²) in [5, 5.41) is 6.63. The molecule has 0 unspecified atom stereocenters. The maximum Gasteiger partial charge on any atom is 0.281 e. The van der Waals surface area contributed by atoms with Crippen LogP contribution in [0, 0.1) is 0 Å². The predicted octanol–water partition coefficient (Wildman–Crippen LogP) is 3.03. The third-order valence-electron chi connectivity index (χ3n) is 3.79. The molecule has 0 aliphatic heterocycles. The first-order chi connectivity index (χ1) is 14.6. The van der Waals surface area contributed by atoms with E-state index in [-0.39, 0.29) is 5.56 Å². The van der Waals surface area contributed by atoms with Gasteiger partial charge in [-0.25, -0.2) is 0 Å². The van der Waals surface area contributed by atoms with E-state index in [4.69, 9.17) is 4.42 Å². The predicted molar refractivity (Wildman–Crippen MR) is 128 cm³/mol. The van der Waals surface area contributed by atoms with Crippen molar-refractivity contribution in [3.05, 3.63) is 39.7 Å². The van der Waals surface area contributed by atoms with Crippen molar-refractivity contribution in [2.75, 3.05) is 49.3 Å². The lowest BCUT2D eigenvalue weighted by molar-refractivity contribution is 0.344. The molecule has 0 saturated carbocycles. The number of rotatable bonds is 14. The molecule has 3 aromatic heterocycles. The van der Waals surface area contributed by atoms with Gasteiger partial charge in [-0.2, -0.15) is 36.6 Å². The van der Waals surface area contributed by atoms with Gasteiger partial charge in [0, 0.05) is 42.1 Å². The lowest BCUT2D eigenvalue weighted by Gasteiger charge is -2.07. The molecule has 30 heavy (non-hydrogen) atoms. The Hall–Kier alpha value is -1.54. The highest BCUT2D eigenvalue weighted by Gasteiger charge is 2.08. The van der Waals surface area contributed by atoms with Crippen molar-refractivity contribution in [3.8, 4) is 0 Å². The van der Waals surface area contributed by atoms with E-state index in [2.05, 4.69) is 33.0 Å². The van der Waals surface area contributed by atoms with Crippen LogP contribution in [0.1, 0.15) is 17.2 Å². The summed E-state index contributed by atoms with van der Waals surface area (Å²) in [6.07, 6.45) is 0. The molecule has 9 nitrogen and oxygen atoms in total. The van der Waals surface area contributed by atoms with Gasteiger partial charge in [0.15, 0.2) is 11.6 Å². The number of furan rings is 1. The molecule has 0 radical (unpaired) electrons. The SMILES string of the molecule is CN(C)Cc1ccc(CSCCNc2nsnc2NCCSCc2ns[nH]c2=O)o1. The first-order valence-electron chi connectivity index (χ1n) is 9.33. The summed E-state index contributed by atoms with van der Waals surface area (Å²) in [7, 11) is 4.06. The highest BCUT2D eigenvalue weighted by molar-refractivity contribution is 7.98. The molecule has 3 N–H and O–H groups in total. The Kier molecular flexibility index (Phi) is 9.52. The van der Waals surface area contributed by atoms with Crippen molar-refractivity contribution in [2.24, 2.45) is 0 Å². The van der Waals surface area contributed by atoms with Gasteiger partial charge in [-0.1, -0.05) is 0 Å². The topological polar surface area (TPSA) is 112 Å². The monoisotopic (exact) mass is 487 g/mol. The van der Waals surface area contributed by atoms with Gasteiger partial charge in [-0.3, -0.25) is 9.17 Å². The van der Waals surface area contributed by atoms with Crippen molar-refractivity contribution in [2.45, 2.75) is 18.1 Å². The fourth-order valence-corrected chi connectivity index (χ4v) is 5.07. The lowest BCUT2D eigenvalue weighted by Crippen LogP contribution is -2.10. The number of thioether (sulfide) groups is 2. The standard InChI is InChI=1S/C17H25N7O2S4/c1-24(2)9-12-3-4-13(26-12)10-27-7-5-18-15-16(22-30-21-15)19-6-8-28-11-14-17(25)23-29-20-14/h3-4H,5-11H2,1-2H3,(H,18,21)(H,19,22)(H,23,25). The third kappa shape index (κ3) is 7.61. The van der Waals surface area contributed by atoms with Crippen molar-refractivity contribution >= 4 is 58.6 Å². The molecule has 0 atom stereocenters. The fraction of sp³-hybridized carbons (Fsp3) is 0.529. The Bertz CT molecular complexity index is 936. The Labute approximate surface area is 192 Å². The minimum absolute atomic E-state index is 0.0884. The van der Waals surface area contributed by atoms with Gasteiger partial charge in [-0.15, -0.1) is 0 Å². The Morgan fingerprint density at radius 3 is 2.33 bits per heavy atom. The summed E-state index contributed by atoms with van der Waals surface area (Å²) < 4.78 is 21.1. The smallest absolute Gasteiger partial charge is 0.281 e. The van der Waals surface area contributed by atoms with Gasteiger partial charge in [0.25, 0.3) is 5.56 Å². The Morgan fingerprint density at radius 1 is 1.03 bits per heavy atom. The van der Waals surface area contributed by atoms with E-state index in [1.165, 1.54) is 11.7 Å². The molecule has 0 aliphatic carbocycles. The van der Waals surface area contributed by atoms with E-state index in [0.29, 0.717) is 11.4 Å². The number of H-pyrrole nitrogens is 1. The Morgan fingerprint density at radius 2 is 1.70 bits per heavy atom. The van der Waals surface area contributed by atoms with Gasteiger partial charge in [0.1, 0.15) is 17.2 Å². The normalized spacial score (nSPS) is 11.3. The minimum atomic E-state index is -0.0884. The quantitative estimate of drug-likeness (QED) is 0.293. The highest BCUT2D eigenvalue weighted by Crippen LogP contribution is 2.20. The summed E-state index contributed by atoms with van der Waals surface area (Å²) in [6, 6.07) is 4.09. The van der Waals surface area contributed by atoms with Crippen LogP contribution in [0.5, 0.6) is 0 Å². The van der Waals surface area contributed by atoms with E-state index in [1.54, 1.807) is 11.8 Å². The van der Waals surface area contributed by atoms with Crippen LogP contribution in [-0.2, 0) is 18.1 Å². The van der Waals surface area contributed by atoms with Crippen molar-refractivity contribution in [1.82, 2.24) is 22.4 Å². The molecule has 13 heteroatoms. The minimum Gasteiger partial charge on any atom is -0.464 e. The number of nitrogens with zero attached hydrogens (tertiary/aromatic N) is 4. The van der Waals surface area contributed by atoms with E-state index in [1.807, 2.05) is 38.0 Å². The number of nitrogens with one attached hydrogen (secondary N) is 3. The Balaban J connectivity index is 1.28. The van der Waals surface area contributed by atoms with E-state index < -0.39 is 0 Å². The van der Waals surface area contributed by atoms with Crippen molar-refractivity contribution < 1.29 is 4.42 Å². The summed E-state index contributed by atoms with van der Waals surface area (Å²) in [5.74, 6) is 6.83. The highest BCUT2D eigenvalue weighted by atomic mass is 32.2. The van der Waals surface area contributed by atoms with Crippen LogP contribution in [-0.4, -0.2) is 61.1 Å². The number of anilines is 2. The molecule has 3 heterocycles. The molecule has 0 spiro atoms. The number of hydrogen-bond acceptors (Lipinski definition) is 12. The van der Waals surface area contributed by atoms with Gasteiger partial charge in [0.05, 0.1) is 24.0 Å². The van der Waals surface area contributed by atoms with Crippen LogP contribution < -0.4 is 16.2 Å². The molecule has 0 aliphatic rings. The zero-order valence-corrected chi connectivity index (χ0v) is 20.1. The maximum atomic E-state index is 11.4. The maximum absolute atomic E-state index is 11.4. The zero-order chi connectivity index (χ0) is 21.2. The second-order valence-corrected chi connectivity index (χ2v) is 9.89. The molecule has 0 fully saturated rings. The molecule has 0 aromatic carbocycles. The van der Waals surface area contributed by atoms with Crippen LogP contribution in [0.25, 0.3) is 0 Å². The first kappa shape index (κ1) is 23.1. The molecule has 0 saturated heterocycles. The van der Waals surface area contributed by atoms with Crippen molar-refractivity contribution in [1.29, 1.82) is 0 Å². The molecular formula is C17H25N7O2S4. The van der Waals surface area contributed by atoms with Gasteiger partial charge in [0.2, 0.25) is 0 Å². The van der Waals surface area contributed by atoms with Crippen LogP contribution in [0.3, 0.4) is 0 Å². The molecule has 0 bridgehead atoms. The first-order valence-corrected chi connectivity index (χ1v) is 13.1. The van der Waals surface area contributed by atoms with E-state index in [9.17, 15) is 4.79 Å². The zero-order valence-electron chi connectivity index (χ0n) is 16.8. The van der Waals surface area contributed by atoms with Crippen molar-refractivity contribution in [3.63, 3.8) is 0 Å². The molecule has 3 aromatic rings. The van der Waals surface area contributed by atoms with Crippen LogP contribution in [0.2, 0.25) is 0 Å². The number of aromatic nitrogens is 4. The second-order valence-electron chi connectivity index (χ2n) is 6.59. The van der Waals surface area contributed by atoms with Crippen LogP contribution in [0.15, 0.2) is 21.3 Å². The largest absolute Gasteiger partial charge is 0.464 e. The van der Waals surface area contributed by atoms with Gasteiger partial charge >= 0.3 is 0 Å². The summed E-state index contributed by atoms with van der Waals surface area (Å²) in [5.41, 5.74) is 0.498. The van der Waals surface area contributed by atoms with E-state index >= 15 is 0 Å². The number of hydrogen-bond donors (Lipinski definition) is 3. The second kappa shape index (κ2) is 12.3. The molecule has 164 valence electrons. The number of aromatic amines is 1. The molecule has 3 rings (SSSR count). The molecule has 0 amide bonds. The third-order valence-corrected chi connectivity index (χ3v) is 6.86. The van der Waals surface area contributed by atoms with Crippen LogP contribution in [0.4, 0.5) is 11.6 Å². The summed E-state index contributed by atoms with van der Waals surface area (Å²) >= 11 is 5.76. The lowest BCUT2D eigenvalue weighted by atomic mass is 10.4. The summed E-state index contributed by atoms with van der Waals surface area (Å²) in [4.78, 5) is 13.5. The van der Waals surface area contributed by atoms with Gasteiger partial charge < -0.3 is 20.0 Å². The summed E-state index contributed by atoms with van der Waals surface area (Å²) in [6.45, 7) is 2.37. The molecular weight excluding hydrogens is 463 g/mol. The van der Waals surface area contributed by atoms with E-state index in [0.717, 1.165) is 71.8 Å². The van der Waals surface area contributed by atoms with Crippen LogP contribution >= 0.6 is 47.0 Å². The fourth-order valence-electron chi connectivity index (χ4n) is 2.45.